The number of hydrogen-bond donors (Lipinski definition) is 1. The Morgan fingerprint density at radius 2 is 1.91 bits per heavy atom. The highest BCUT2D eigenvalue weighted by molar-refractivity contribution is 5.80. The highest BCUT2D eigenvalue weighted by Crippen LogP contribution is 2.46. The molecule has 23 heavy (non-hydrogen) atoms. The molecule has 0 aromatic heterocycles. The number of amides is 1. The summed E-state index contributed by atoms with van der Waals surface area (Å²) in [6, 6.07) is 10.7. The average Bonchev–Trinajstić information content (AvgIpc) is 2.58. The van der Waals surface area contributed by atoms with Crippen LogP contribution in [0, 0.1) is 11.3 Å². The number of benzene rings is 1. The Morgan fingerprint density at radius 1 is 1.17 bits per heavy atom. The molecule has 2 aliphatic rings. The van der Waals surface area contributed by atoms with Crippen LogP contribution < -0.4 is 5.32 Å². The molecule has 0 saturated carbocycles. The van der Waals surface area contributed by atoms with Crippen LogP contribution in [0.15, 0.2) is 30.3 Å². The van der Waals surface area contributed by atoms with Crippen LogP contribution in [-0.2, 0) is 11.3 Å². The monoisotopic (exact) mass is 314 g/mol. The van der Waals surface area contributed by atoms with Gasteiger partial charge in [0.05, 0.1) is 0 Å². The molecule has 1 atom stereocenters. The first-order valence-electron chi connectivity index (χ1n) is 9.27. The van der Waals surface area contributed by atoms with Crippen molar-refractivity contribution >= 4 is 5.91 Å². The van der Waals surface area contributed by atoms with Gasteiger partial charge in [0.25, 0.3) is 0 Å². The van der Waals surface area contributed by atoms with Crippen molar-refractivity contribution in [3.05, 3.63) is 35.9 Å². The number of likely N-dealkylation sites (tertiary alicyclic amines) is 1. The standard InChI is InChI=1S/C20H30N2O/c1-2-3-9-18-19(23)21-13-10-20(18)11-14-22(15-12-20)16-17-7-5-4-6-8-17/h4-8,18H,2-3,9-16H2,1H3,(H,21,23)/t18-/m1/s1. The first kappa shape index (κ1) is 16.5. The van der Waals surface area contributed by atoms with E-state index in [-0.39, 0.29) is 11.3 Å². The van der Waals surface area contributed by atoms with Crippen LogP contribution in [0.2, 0.25) is 0 Å². The minimum Gasteiger partial charge on any atom is -0.356 e. The van der Waals surface area contributed by atoms with E-state index in [1.54, 1.807) is 0 Å². The second-order valence-corrected chi connectivity index (χ2v) is 7.36. The second-order valence-electron chi connectivity index (χ2n) is 7.36. The Labute approximate surface area is 140 Å². The summed E-state index contributed by atoms with van der Waals surface area (Å²) < 4.78 is 0. The smallest absolute Gasteiger partial charge is 0.223 e. The molecule has 0 unspecified atom stereocenters. The molecule has 126 valence electrons. The van der Waals surface area contributed by atoms with Crippen LogP contribution in [-0.4, -0.2) is 30.4 Å². The molecule has 0 aliphatic carbocycles. The number of carbonyl (C=O) groups is 1. The van der Waals surface area contributed by atoms with Crippen LogP contribution in [0.4, 0.5) is 0 Å². The lowest BCUT2D eigenvalue weighted by Gasteiger charge is -2.48. The van der Waals surface area contributed by atoms with Gasteiger partial charge >= 0.3 is 0 Å². The summed E-state index contributed by atoms with van der Waals surface area (Å²) >= 11 is 0. The van der Waals surface area contributed by atoms with Gasteiger partial charge in [-0.15, -0.1) is 0 Å². The maximum atomic E-state index is 12.4. The number of nitrogens with one attached hydrogen (secondary N) is 1. The molecule has 1 spiro atoms. The quantitative estimate of drug-likeness (QED) is 0.900. The van der Waals surface area contributed by atoms with Crippen molar-refractivity contribution in [1.29, 1.82) is 0 Å². The first-order valence-corrected chi connectivity index (χ1v) is 9.27. The fraction of sp³-hybridized carbons (Fsp3) is 0.650. The van der Waals surface area contributed by atoms with Crippen LogP contribution >= 0.6 is 0 Å². The average molecular weight is 314 g/mol. The van der Waals surface area contributed by atoms with E-state index in [2.05, 4.69) is 47.5 Å². The number of unbranched alkanes of at least 4 members (excludes halogenated alkanes) is 1. The van der Waals surface area contributed by atoms with E-state index in [0.717, 1.165) is 32.6 Å². The van der Waals surface area contributed by atoms with Gasteiger partial charge in [0, 0.05) is 19.0 Å². The molecular formula is C20H30N2O. The molecule has 0 bridgehead atoms. The molecule has 2 aliphatic heterocycles. The molecule has 2 heterocycles. The van der Waals surface area contributed by atoms with Gasteiger partial charge < -0.3 is 5.32 Å². The molecule has 3 rings (SSSR count). The summed E-state index contributed by atoms with van der Waals surface area (Å²) in [6.45, 7) is 6.40. The number of hydrogen-bond acceptors (Lipinski definition) is 2. The summed E-state index contributed by atoms with van der Waals surface area (Å²) in [7, 11) is 0. The van der Waals surface area contributed by atoms with Crippen LogP contribution in [0.1, 0.15) is 51.0 Å². The molecule has 2 saturated heterocycles. The topological polar surface area (TPSA) is 32.3 Å². The zero-order chi connectivity index (χ0) is 16.1. The fourth-order valence-electron chi connectivity index (χ4n) is 4.45. The van der Waals surface area contributed by atoms with Gasteiger partial charge in [0.1, 0.15) is 0 Å². The molecular weight excluding hydrogens is 284 g/mol. The van der Waals surface area contributed by atoms with Gasteiger partial charge in [0.2, 0.25) is 5.91 Å². The third kappa shape index (κ3) is 3.77. The SMILES string of the molecule is CCCC[C@@H]1C(=O)NCCC12CCN(Cc1ccccc1)CC2. The van der Waals surface area contributed by atoms with Crippen molar-refractivity contribution < 1.29 is 4.79 Å². The van der Waals surface area contributed by atoms with Crippen molar-refractivity contribution in [1.82, 2.24) is 10.2 Å². The zero-order valence-corrected chi connectivity index (χ0v) is 14.4. The Hall–Kier alpha value is -1.35. The predicted octanol–water partition coefficient (Wildman–Crippen LogP) is 3.60. The van der Waals surface area contributed by atoms with E-state index in [9.17, 15) is 4.79 Å². The van der Waals surface area contributed by atoms with Crippen molar-refractivity contribution in [2.45, 2.75) is 52.0 Å². The number of rotatable bonds is 5. The van der Waals surface area contributed by atoms with E-state index >= 15 is 0 Å². The lowest BCUT2D eigenvalue weighted by atomic mass is 9.63. The Bertz CT molecular complexity index is 506. The lowest BCUT2D eigenvalue weighted by Crippen LogP contribution is -2.53. The minimum atomic E-state index is 0.245. The predicted molar refractivity (Wildman–Crippen MR) is 94.0 cm³/mol. The molecule has 3 heteroatoms. The van der Waals surface area contributed by atoms with E-state index in [1.165, 1.54) is 37.7 Å². The van der Waals surface area contributed by atoms with Gasteiger partial charge in [-0.2, -0.15) is 0 Å². The largest absolute Gasteiger partial charge is 0.356 e. The number of nitrogens with zero attached hydrogens (tertiary/aromatic N) is 1. The highest BCUT2D eigenvalue weighted by Gasteiger charge is 2.46. The molecule has 1 amide bonds. The van der Waals surface area contributed by atoms with E-state index in [4.69, 9.17) is 0 Å². The van der Waals surface area contributed by atoms with Gasteiger partial charge in [-0.1, -0.05) is 50.1 Å². The minimum absolute atomic E-state index is 0.245. The Balaban J connectivity index is 1.62. The molecule has 0 radical (unpaired) electrons. The molecule has 3 nitrogen and oxygen atoms in total. The molecule has 1 aromatic carbocycles. The second kappa shape index (κ2) is 7.48. The summed E-state index contributed by atoms with van der Waals surface area (Å²) in [5.41, 5.74) is 1.66. The van der Waals surface area contributed by atoms with Gasteiger partial charge in [-0.05, 0) is 49.8 Å². The summed E-state index contributed by atoms with van der Waals surface area (Å²) in [6.07, 6.45) is 6.96. The lowest BCUT2D eigenvalue weighted by molar-refractivity contribution is -0.135. The van der Waals surface area contributed by atoms with Crippen LogP contribution in [0.3, 0.4) is 0 Å². The third-order valence-corrected chi connectivity index (χ3v) is 5.93. The van der Waals surface area contributed by atoms with Crippen molar-refractivity contribution in [3.63, 3.8) is 0 Å². The van der Waals surface area contributed by atoms with Gasteiger partial charge in [0.15, 0.2) is 0 Å². The van der Waals surface area contributed by atoms with Crippen molar-refractivity contribution in [2.24, 2.45) is 11.3 Å². The van der Waals surface area contributed by atoms with E-state index in [0.29, 0.717) is 5.91 Å². The van der Waals surface area contributed by atoms with Crippen LogP contribution in [0.5, 0.6) is 0 Å². The highest BCUT2D eigenvalue weighted by atomic mass is 16.2. The summed E-state index contributed by atoms with van der Waals surface area (Å²) in [5, 5.41) is 3.11. The number of carbonyl (C=O) groups excluding carboxylic acids is 1. The number of piperidine rings is 2. The molecule has 2 fully saturated rings. The van der Waals surface area contributed by atoms with Crippen LogP contribution in [0.25, 0.3) is 0 Å². The van der Waals surface area contributed by atoms with Crippen molar-refractivity contribution in [2.75, 3.05) is 19.6 Å². The Kier molecular flexibility index (Phi) is 5.37. The van der Waals surface area contributed by atoms with E-state index in [1.807, 2.05) is 0 Å². The maximum Gasteiger partial charge on any atom is 0.223 e. The Morgan fingerprint density at radius 3 is 2.61 bits per heavy atom. The zero-order valence-electron chi connectivity index (χ0n) is 14.4. The normalized spacial score (nSPS) is 24.6. The maximum absolute atomic E-state index is 12.4. The fourth-order valence-corrected chi connectivity index (χ4v) is 4.45. The summed E-state index contributed by atoms with van der Waals surface area (Å²) in [5.74, 6) is 0.566. The van der Waals surface area contributed by atoms with E-state index < -0.39 is 0 Å². The van der Waals surface area contributed by atoms with Gasteiger partial charge in [-0.25, -0.2) is 0 Å². The van der Waals surface area contributed by atoms with Crippen molar-refractivity contribution in [3.8, 4) is 0 Å². The molecule has 1 aromatic rings. The molecule has 1 N–H and O–H groups in total. The first-order chi connectivity index (χ1) is 11.2. The van der Waals surface area contributed by atoms with Gasteiger partial charge in [-0.3, -0.25) is 9.69 Å². The summed E-state index contributed by atoms with van der Waals surface area (Å²) in [4.78, 5) is 15.0. The third-order valence-electron chi connectivity index (χ3n) is 5.93.